The van der Waals surface area contributed by atoms with E-state index in [2.05, 4.69) is 33.3 Å². The topological polar surface area (TPSA) is 112 Å². The molecular formula is C36H42N4O6. The molecule has 1 amide bonds. The van der Waals surface area contributed by atoms with Crippen molar-refractivity contribution in [3.63, 3.8) is 0 Å². The number of amides is 1. The van der Waals surface area contributed by atoms with Crippen LogP contribution in [0.4, 0.5) is 10.6 Å². The van der Waals surface area contributed by atoms with E-state index >= 15 is 0 Å². The van der Waals surface area contributed by atoms with Crippen LogP contribution in [0.3, 0.4) is 0 Å². The second-order valence-corrected chi connectivity index (χ2v) is 11.9. The Hall–Kier alpha value is -4.46. The number of carbonyl (C=O) groups is 2. The summed E-state index contributed by atoms with van der Waals surface area (Å²) in [5.41, 5.74) is 1.88. The maximum absolute atomic E-state index is 12.9. The van der Waals surface area contributed by atoms with Crippen LogP contribution in [0.25, 0.3) is 0 Å². The molecule has 1 aromatic heterocycles. The van der Waals surface area contributed by atoms with Crippen molar-refractivity contribution in [3.05, 3.63) is 94.0 Å². The first kappa shape index (κ1) is 32.9. The third-order valence-electron chi connectivity index (χ3n) is 8.64. The highest BCUT2D eigenvalue weighted by Crippen LogP contribution is 2.32. The number of terminal acetylenes is 1. The lowest BCUT2D eigenvalue weighted by Crippen LogP contribution is -2.34. The summed E-state index contributed by atoms with van der Waals surface area (Å²) in [4.78, 5) is 44.4. The van der Waals surface area contributed by atoms with Crippen molar-refractivity contribution in [2.45, 2.75) is 76.9 Å². The molecule has 1 saturated carbocycles. The van der Waals surface area contributed by atoms with Crippen LogP contribution in [0.5, 0.6) is 0 Å². The van der Waals surface area contributed by atoms with Gasteiger partial charge in [-0.15, -0.1) is 6.42 Å². The molecule has 1 aliphatic carbocycles. The predicted molar refractivity (Wildman–Crippen MR) is 174 cm³/mol. The van der Waals surface area contributed by atoms with Crippen molar-refractivity contribution in [1.29, 1.82) is 0 Å². The van der Waals surface area contributed by atoms with Gasteiger partial charge in [0.05, 0.1) is 6.10 Å². The minimum atomic E-state index is -0.756. The molecule has 1 N–H and O–H groups in total. The minimum absolute atomic E-state index is 0.138. The number of nitrogens with one attached hydrogen (secondary N) is 1. The number of hydrogen-bond acceptors (Lipinski definition) is 8. The summed E-state index contributed by atoms with van der Waals surface area (Å²) in [5, 5.41) is 2.64. The molecule has 3 atom stereocenters. The molecule has 2 fully saturated rings. The van der Waals surface area contributed by atoms with Crippen LogP contribution >= 0.6 is 0 Å². The molecule has 242 valence electrons. The number of carbonyl (C=O) groups excluding carboxylic acids is 2. The number of nitrogens with zero attached hydrogens (tertiary/aromatic N) is 3. The highest BCUT2D eigenvalue weighted by Gasteiger charge is 2.38. The highest BCUT2D eigenvalue weighted by atomic mass is 16.7. The summed E-state index contributed by atoms with van der Waals surface area (Å²) < 4.78 is 18.6. The monoisotopic (exact) mass is 626 g/mol. The van der Waals surface area contributed by atoms with Gasteiger partial charge >= 0.3 is 11.8 Å². The van der Waals surface area contributed by atoms with E-state index < -0.39 is 30.3 Å². The average molecular weight is 627 g/mol. The molecule has 2 aliphatic rings. The van der Waals surface area contributed by atoms with Crippen LogP contribution in [0.15, 0.2) is 71.7 Å². The van der Waals surface area contributed by atoms with Gasteiger partial charge in [-0.25, -0.2) is 9.59 Å². The van der Waals surface area contributed by atoms with Gasteiger partial charge < -0.3 is 19.5 Å². The van der Waals surface area contributed by atoms with Gasteiger partial charge in [0.15, 0.2) is 0 Å². The van der Waals surface area contributed by atoms with Gasteiger partial charge in [-0.2, -0.15) is 4.98 Å². The van der Waals surface area contributed by atoms with Crippen molar-refractivity contribution in [1.82, 2.24) is 14.5 Å². The zero-order valence-corrected chi connectivity index (χ0v) is 26.3. The predicted octanol–water partition coefficient (Wildman–Crippen LogP) is 5.78. The lowest BCUT2D eigenvalue weighted by Gasteiger charge is -2.29. The largest absolute Gasteiger partial charge is 0.508 e. The quantitative estimate of drug-likeness (QED) is 0.199. The van der Waals surface area contributed by atoms with Gasteiger partial charge in [0, 0.05) is 43.4 Å². The van der Waals surface area contributed by atoms with Crippen molar-refractivity contribution in [3.8, 4) is 12.3 Å². The Labute approximate surface area is 270 Å². The van der Waals surface area contributed by atoms with Gasteiger partial charge in [-0.05, 0) is 61.1 Å². The lowest BCUT2D eigenvalue weighted by molar-refractivity contribution is -0.0383. The molecule has 0 bridgehead atoms. The Morgan fingerprint density at radius 3 is 2.54 bits per heavy atom. The fourth-order valence-corrected chi connectivity index (χ4v) is 6.19. The molecule has 1 saturated heterocycles. The van der Waals surface area contributed by atoms with E-state index in [1.807, 2.05) is 25.1 Å². The molecule has 10 heteroatoms. The van der Waals surface area contributed by atoms with Crippen LogP contribution in [-0.2, 0) is 20.8 Å². The van der Waals surface area contributed by atoms with Crippen molar-refractivity contribution in [2.24, 2.45) is 5.92 Å². The van der Waals surface area contributed by atoms with Gasteiger partial charge in [-0.1, -0.05) is 62.4 Å². The van der Waals surface area contributed by atoms with Crippen molar-refractivity contribution >= 4 is 17.9 Å². The molecule has 2 heterocycles. The third kappa shape index (κ3) is 9.05. The van der Waals surface area contributed by atoms with Gasteiger partial charge in [0.1, 0.15) is 24.8 Å². The summed E-state index contributed by atoms with van der Waals surface area (Å²) in [5.74, 6) is 3.07. The van der Waals surface area contributed by atoms with Crippen LogP contribution < -0.4 is 11.0 Å². The number of hydrogen-bond donors (Lipinski definition) is 1. The molecule has 0 radical (unpaired) electrons. The Morgan fingerprint density at radius 1 is 1.09 bits per heavy atom. The van der Waals surface area contributed by atoms with E-state index in [1.54, 1.807) is 24.3 Å². The molecule has 1 unspecified atom stereocenters. The van der Waals surface area contributed by atoms with Gasteiger partial charge in [-0.3, -0.25) is 14.3 Å². The van der Waals surface area contributed by atoms with E-state index in [4.69, 9.17) is 20.6 Å². The van der Waals surface area contributed by atoms with Gasteiger partial charge in [0.25, 0.3) is 5.91 Å². The van der Waals surface area contributed by atoms with Crippen LogP contribution in [0.2, 0.25) is 0 Å². The number of aromatic nitrogens is 2. The Balaban J connectivity index is 1.13. The molecule has 3 aromatic rings. The first-order valence-electron chi connectivity index (χ1n) is 16.1. The zero-order valence-electron chi connectivity index (χ0n) is 26.3. The van der Waals surface area contributed by atoms with E-state index in [9.17, 15) is 14.4 Å². The van der Waals surface area contributed by atoms with Gasteiger partial charge in [0.2, 0.25) is 0 Å². The molecule has 10 nitrogen and oxygen atoms in total. The van der Waals surface area contributed by atoms with E-state index in [0.29, 0.717) is 24.4 Å². The molecule has 5 rings (SSSR count). The van der Waals surface area contributed by atoms with E-state index in [1.165, 1.54) is 48.9 Å². The second kappa shape index (κ2) is 16.2. The third-order valence-corrected chi connectivity index (χ3v) is 8.64. The second-order valence-electron chi connectivity index (χ2n) is 11.9. The van der Waals surface area contributed by atoms with Crippen LogP contribution in [-0.4, -0.2) is 58.4 Å². The first-order valence-corrected chi connectivity index (χ1v) is 16.1. The maximum atomic E-state index is 12.9. The molecule has 46 heavy (non-hydrogen) atoms. The zero-order chi connectivity index (χ0) is 32.3. The summed E-state index contributed by atoms with van der Waals surface area (Å²) >= 11 is 0. The summed E-state index contributed by atoms with van der Waals surface area (Å²) in [6, 6.07) is 18.2. The maximum Gasteiger partial charge on any atom is 0.508 e. The lowest BCUT2D eigenvalue weighted by atomic mass is 9.89. The Morgan fingerprint density at radius 2 is 1.85 bits per heavy atom. The molecular weight excluding hydrogens is 584 g/mol. The highest BCUT2D eigenvalue weighted by molar-refractivity contribution is 6.03. The van der Waals surface area contributed by atoms with E-state index in [-0.39, 0.29) is 24.8 Å². The number of benzene rings is 2. The SMILES string of the molecule is C#Cc1ccc(CN(CCOC(=O)OC2C[C@H](n3ccc(NC(=O)c4ccccc4)nc3=O)O[C@@H]2CC)CC2CCCCC2)cc1. The standard InChI is InChI=1S/C36H42N4O6/c1-3-26-15-17-28(18-16-26)25-39(24-27-11-7-5-8-12-27)21-22-44-36(43)46-31-23-33(45-30(31)4-2)40-20-19-32(38-35(40)42)37-34(41)29-13-9-6-10-14-29/h1,6,9-10,13-20,27,30-31,33H,4-5,7-8,11-12,21-25H2,2H3,(H,37,38,41,42)/t30-,31?,33-/m1/s1. The Kier molecular flexibility index (Phi) is 11.6. The number of anilines is 1. The smallest absolute Gasteiger partial charge is 0.433 e. The summed E-state index contributed by atoms with van der Waals surface area (Å²) in [6.07, 6.45) is 11.7. The first-order chi connectivity index (χ1) is 22.4. The number of rotatable bonds is 12. The van der Waals surface area contributed by atoms with Crippen molar-refractivity contribution in [2.75, 3.05) is 25.0 Å². The van der Waals surface area contributed by atoms with Crippen LogP contribution in [0.1, 0.15) is 79.6 Å². The minimum Gasteiger partial charge on any atom is -0.433 e. The molecule has 2 aromatic carbocycles. The molecule has 1 aliphatic heterocycles. The average Bonchev–Trinajstić information content (AvgIpc) is 3.48. The fraction of sp³-hybridized carbons (Fsp3) is 0.444. The number of ether oxygens (including phenoxy) is 3. The summed E-state index contributed by atoms with van der Waals surface area (Å²) in [7, 11) is 0. The molecule has 0 spiro atoms. The fourth-order valence-electron chi connectivity index (χ4n) is 6.19. The van der Waals surface area contributed by atoms with Crippen molar-refractivity contribution < 1.29 is 23.8 Å². The Bertz CT molecular complexity index is 1550. The summed E-state index contributed by atoms with van der Waals surface area (Å²) in [6.45, 7) is 4.40. The van der Waals surface area contributed by atoms with Crippen LogP contribution in [0, 0.1) is 18.3 Å². The normalized spacial score (nSPS) is 19.8. The van der Waals surface area contributed by atoms with E-state index in [0.717, 1.165) is 24.2 Å².